The van der Waals surface area contributed by atoms with Gasteiger partial charge in [-0.15, -0.1) is 0 Å². The van der Waals surface area contributed by atoms with E-state index in [1.54, 1.807) is 0 Å². The molecule has 0 fully saturated rings. The molecule has 0 unspecified atom stereocenters. The highest BCUT2D eigenvalue weighted by Crippen LogP contribution is 1.89. The maximum absolute atomic E-state index is 4.85. The van der Waals surface area contributed by atoms with Crippen molar-refractivity contribution in [1.29, 1.82) is 0 Å². The molecule has 0 radical (unpaired) electrons. The molecular weight excluding hydrogens is 156 g/mol. The Morgan fingerprint density at radius 2 is 1.33 bits per heavy atom. The van der Waals surface area contributed by atoms with Crippen LogP contribution < -0.4 is 0 Å². The third kappa shape index (κ3) is 3.59. The van der Waals surface area contributed by atoms with Gasteiger partial charge in [0, 0.05) is 11.4 Å². The second-order valence-electron chi connectivity index (χ2n) is 2.74. The molecule has 0 bridgehead atoms. The van der Waals surface area contributed by atoms with E-state index in [4.69, 9.17) is 9.47 Å². The van der Waals surface area contributed by atoms with Gasteiger partial charge in [-0.05, 0) is 13.8 Å². The SMILES string of the molecule is CC1=NCOC1.CC1=NCOC1. The van der Waals surface area contributed by atoms with Crippen molar-refractivity contribution in [2.45, 2.75) is 13.8 Å². The lowest BCUT2D eigenvalue weighted by molar-refractivity contribution is 0.202. The van der Waals surface area contributed by atoms with Crippen molar-refractivity contribution in [2.24, 2.45) is 9.98 Å². The van der Waals surface area contributed by atoms with Crippen LogP contribution in [0.25, 0.3) is 0 Å². The Balaban J connectivity index is 0.000000120. The average molecular weight is 170 g/mol. The van der Waals surface area contributed by atoms with Crippen molar-refractivity contribution in [3.05, 3.63) is 0 Å². The molecule has 0 aromatic heterocycles. The molecule has 0 atom stereocenters. The van der Waals surface area contributed by atoms with Crippen LogP contribution in [0.3, 0.4) is 0 Å². The van der Waals surface area contributed by atoms with E-state index in [1.807, 2.05) is 13.8 Å². The van der Waals surface area contributed by atoms with E-state index in [1.165, 1.54) is 0 Å². The molecule has 0 spiro atoms. The van der Waals surface area contributed by atoms with Crippen LogP contribution in [0.15, 0.2) is 9.98 Å². The molecular formula is C8H14N2O2. The molecule has 0 aliphatic carbocycles. The molecule has 2 aliphatic heterocycles. The maximum atomic E-state index is 4.85. The van der Waals surface area contributed by atoms with Gasteiger partial charge in [0.1, 0.15) is 13.5 Å². The minimum atomic E-state index is 0.575. The van der Waals surface area contributed by atoms with Crippen LogP contribution in [0.5, 0.6) is 0 Å². The Morgan fingerprint density at radius 3 is 1.42 bits per heavy atom. The van der Waals surface area contributed by atoms with Crippen molar-refractivity contribution < 1.29 is 9.47 Å². The van der Waals surface area contributed by atoms with E-state index in [0.717, 1.165) is 24.6 Å². The van der Waals surface area contributed by atoms with Gasteiger partial charge < -0.3 is 9.47 Å². The van der Waals surface area contributed by atoms with Gasteiger partial charge in [0.05, 0.1) is 13.2 Å². The molecule has 2 rings (SSSR count). The van der Waals surface area contributed by atoms with Crippen molar-refractivity contribution in [2.75, 3.05) is 26.7 Å². The predicted molar refractivity (Wildman–Crippen MR) is 47.9 cm³/mol. The van der Waals surface area contributed by atoms with E-state index >= 15 is 0 Å². The molecule has 0 aromatic rings. The Bertz CT molecular complexity index is 177. The van der Waals surface area contributed by atoms with Crippen molar-refractivity contribution in [1.82, 2.24) is 0 Å². The van der Waals surface area contributed by atoms with Crippen molar-refractivity contribution in [3.63, 3.8) is 0 Å². The van der Waals surface area contributed by atoms with Crippen LogP contribution in [0, 0.1) is 0 Å². The van der Waals surface area contributed by atoms with E-state index < -0.39 is 0 Å². The summed E-state index contributed by atoms with van der Waals surface area (Å²) in [6.45, 7) is 6.55. The lowest BCUT2D eigenvalue weighted by Gasteiger charge is -1.79. The van der Waals surface area contributed by atoms with Gasteiger partial charge in [0.15, 0.2) is 0 Å². The van der Waals surface area contributed by atoms with Crippen LogP contribution in [0.4, 0.5) is 0 Å². The molecule has 0 N–H and O–H groups in total. The number of nitrogens with zero attached hydrogens (tertiary/aromatic N) is 2. The summed E-state index contributed by atoms with van der Waals surface area (Å²) in [7, 11) is 0. The molecule has 4 heteroatoms. The predicted octanol–water partition coefficient (Wildman–Crippen LogP) is 0.870. The highest BCUT2D eigenvalue weighted by atomic mass is 16.5. The van der Waals surface area contributed by atoms with Crippen LogP contribution in [0.2, 0.25) is 0 Å². The molecule has 4 nitrogen and oxygen atoms in total. The lowest BCUT2D eigenvalue weighted by atomic mass is 10.5. The first kappa shape index (κ1) is 9.35. The second-order valence-corrected chi connectivity index (χ2v) is 2.74. The van der Waals surface area contributed by atoms with Crippen molar-refractivity contribution >= 4 is 11.4 Å². The summed E-state index contributed by atoms with van der Waals surface area (Å²) in [5.41, 5.74) is 2.21. The molecule has 12 heavy (non-hydrogen) atoms. The van der Waals surface area contributed by atoms with E-state index in [0.29, 0.717) is 13.5 Å². The Hall–Kier alpha value is -0.740. The molecule has 0 amide bonds. The van der Waals surface area contributed by atoms with Gasteiger partial charge in [0.2, 0.25) is 0 Å². The Kier molecular flexibility index (Phi) is 3.90. The minimum absolute atomic E-state index is 0.575. The van der Waals surface area contributed by atoms with Gasteiger partial charge in [-0.25, -0.2) is 0 Å². The summed E-state index contributed by atoms with van der Waals surface area (Å²) in [5.74, 6) is 0. The molecule has 68 valence electrons. The van der Waals surface area contributed by atoms with Gasteiger partial charge in [-0.2, -0.15) is 0 Å². The highest BCUT2D eigenvalue weighted by molar-refractivity contribution is 5.84. The first-order chi connectivity index (χ1) is 5.79. The molecule has 0 saturated heterocycles. The Morgan fingerprint density at radius 1 is 0.917 bits per heavy atom. The first-order valence-electron chi connectivity index (χ1n) is 3.94. The summed E-state index contributed by atoms with van der Waals surface area (Å²) < 4.78 is 9.71. The van der Waals surface area contributed by atoms with Crippen LogP contribution in [0.1, 0.15) is 13.8 Å². The zero-order chi connectivity index (χ0) is 8.81. The molecule has 2 aliphatic rings. The normalized spacial score (nSPS) is 21.2. The number of aliphatic imine (C=N–C) groups is 2. The fourth-order valence-corrected chi connectivity index (χ4v) is 0.790. The average Bonchev–Trinajstić information content (AvgIpc) is 2.63. The third-order valence-electron chi connectivity index (χ3n) is 1.47. The van der Waals surface area contributed by atoms with E-state index in [9.17, 15) is 0 Å². The topological polar surface area (TPSA) is 43.2 Å². The smallest absolute Gasteiger partial charge is 0.137 e. The summed E-state index contributed by atoms with van der Waals surface area (Å²) in [5, 5.41) is 0. The molecule has 0 saturated carbocycles. The quantitative estimate of drug-likeness (QED) is 0.541. The molecule has 0 aromatic carbocycles. The largest absolute Gasteiger partial charge is 0.353 e. The summed E-state index contributed by atoms with van der Waals surface area (Å²) in [6.07, 6.45) is 0. The summed E-state index contributed by atoms with van der Waals surface area (Å²) >= 11 is 0. The summed E-state index contributed by atoms with van der Waals surface area (Å²) in [4.78, 5) is 7.86. The van der Waals surface area contributed by atoms with Gasteiger partial charge in [0.25, 0.3) is 0 Å². The fourth-order valence-electron chi connectivity index (χ4n) is 0.790. The second kappa shape index (κ2) is 5.00. The van der Waals surface area contributed by atoms with Crippen LogP contribution >= 0.6 is 0 Å². The Labute approximate surface area is 72.3 Å². The van der Waals surface area contributed by atoms with Gasteiger partial charge >= 0.3 is 0 Å². The standard InChI is InChI=1S/2C4H7NO/c2*1-4-2-6-3-5-4/h2*2-3H2,1H3. The third-order valence-corrected chi connectivity index (χ3v) is 1.47. The number of rotatable bonds is 0. The van der Waals surface area contributed by atoms with E-state index in [-0.39, 0.29) is 0 Å². The van der Waals surface area contributed by atoms with Crippen LogP contribution in [-0.2, 0) is 9.47 Å². The van der Waals surface area contributed by atoms with Crippen LogP contribution in [-0.4, -0.2) is 38.1 Å². The lowest BCUT2D eigenvalue weighted by Crippen LogP contribution is -1.91. The fraction of sp³-hybridized carbons (Fsp3) is 0.750. The zero-order valence-electron chi connectivity index (χ0n) is 7.54. The van der Waals surface area contributed by atoms with E-state index in [2.05, 4.69) is 9.98 Å². The molecule has 2 heterocycles. The maximum Gasteiger partial charge on any atom is 0.137 e. The van der Waals surface area contributed by atoms with Crippen molar-refractivity contribution in [3.8, 4) is 0 Å². The van der Waals surface area contributed by atoms with Gasteiger partial charge in [-0.3, -0.25) is 9.98 Å². The summed E-state index contributed by atoms with van der Waals surface area (Å²) in [6, 6.07) is 0. The highest BCUT2D eigenvalue weighted by Gasteiger charge is 1.96. The first-order valence-corrected chi connectivity index (χ1v) is 3.94. The number of ether oxygens (including phenoxy) is 2. The monoisotopic (exact) mass is 170 g/mol. The van der Waals surface area contributed by atoms with Gasteiger partial charge in [-0.1, -0.05) is 0 Å². The number of hydrogen-bond donors (Lipinski definition) is 0. The number of hydrogen-bond acceptors (Lipinski definition) is 4. The minimum Gasteiger partial charge on any atom is -0.353 e. The zero-order valence-corrected chi connectivity index (χ0v) is 7.54.